The highest BCUT2D eigenvalue weighted by atomic mass is 16.5. The van der Waals surface area contributed by atoms with E-state index in [1.54, 1.807) is 0 Å². The third kappa shape index (κ3) is 4.98. The zero-order chi connectivity index (χ0) is 18.4. The van der Waals surface area contributed by atoms with Gasteiger partial charge in [-0.25, -0.2) is 0 Å². The summed E-state index contributed by atoms with van der Waals surface area (Å²) in [5.41, 5.74) is 0.0585. The molecule has 0 spiro atoms. The predicted octanol–water partition coefficient (Wildman–Crippen LogP) is 3.70. The fourth-order valence-electron chi connectivity index (χ4n) is 3.67. The van der Waals surface area contributed by atoms with E-state index in [1.807, 2.05) is 38.1 Å². The van der Waals surface area contributed by atoms with Crippen molar-refractivity contribution in [1.29, 1.82) is 0 Å². The molecule has 1 atom stereocenters. The maximum atomic E-state index is 12.7. The number of hydrogen-bond donors (Lipinski definition) is 1. The Balaban J connectivity index is 1.47. The zero-order valence-electron chi connectivity index (χ0n) is 16.1. The highest BCUT2D eigenvalue weighted by molar-refractivity contribution is 5.97. The molecule has 0 bridgehead atoms. The zero-order valence-corrected chi connectivity index (χ0v) is 16.1. The van der Waals surface area contributed by atoms with Crippen LogP contribution in [0.5, 0.6) is 5.75 Å². The van der Waals surface area contributed by atoms with Crippen LogP contribution < -0.4 is 10.1 Å². The molecule has 1 N–H and O–H groups in total. The summed E-state index contributed by atoms with van der Waals surface area (Å²) >= 11 is 0. The summed E-state index contributed by atoms with van der Waals surface area (Å²) in [6.07, 6.45) is 6.08. The molecule has 5 heteroatoms. The lowest BCUT2D eigenvalue weighted by atomic mass is 9.99. The lowest BCUT2D eigenvalue weighted by Crippen LogP contribution is -2.44. The van der Waals surface area contributed by atoms with Crippen molar-refractivity contribution in [3.63, 3.8) is 0 Å². The molecule has 3 rings (SSSR count). The first-order valence-electron chi connectivity index (χ1n) is 10.0. The standard InChI is InChI=1S/C21H32N2O3/c1-3-26-21(2,17-7-8-17)20(24)22-18-9-11-19(12-10-18)25-16-15-23-13-5-4-6-14-23/h9-12,17H,3-8,13-16H2,1-2H3,(H,22,24)/t21-/m0/s1. The number of nitrogens with zero attached hydrogens (tertiary/aromatic N) is 1. The third-order valence-corrected chi connectivity index (χ3v) is 5.49. The molecule has 1 aliphatic carbocycles. The van der Waals surface area contributed by atoms with E-state index in [2.05, 4.69) is 10.2 Å². The number of anilines is 1. The van der Waals surface area contributed by atoms with Gasteiger partial charge in [-0.2, -0.15) is 0 Å². The first kappa shape index (κ1) is 19.2. The minimum absolute atomic E-state index is 0.0550. The van der Waals surface area contributed by atoms with Crippen molar-refractivity contribution >= 4 is 11.6 Å². The SMILES string of the molecule is CCO[C@](C)(C(=O)Nc1ccc(OCCN2CCCCC2)cc1)C1CC1. The highest BCUT2D eigenvalue weighted by Crippen LogP contribution is 2.42. The minimum atomic E-state index is -0.724. The second-order valence-corrected chi connectivity index (χ2v) is 7.54. The Morgan fingerprint density at radius 3 is 2.50 bits per heavy atom. The first-order chi connectivity index (χ1) is 12.6. The molecule has 26 heavy (non-hydrogen) atoms. The van der Waals surface area contributed by atoms with Crippen molar-refractivity contribution < 1.29 is 14.3 Å². The van der Waals surface area contributed by atoms with Crippen LogP contribution in [0.3, 0.4) is 0 Å². The number of hydrogen-bond acceptors (Lipinski definition) is 4. The van der Waals surface area contributed by atoms with E-state index in [1.165, 1.54) is 32.4 Å². The van der Waals surface area contributed by atoms with Crippen molar-refractivity contribution in [3.8, 4) is 5.75 Å². The maximum Gasteiger partial charge on any atom is 0.256 e. The molecule has 1 saturated carbocycles. The van der Waals surface area contributed by atoms with Crippen LogP contribution in [0.2, 0.25) is 0 Å². The van der Waals surface area contributed by atoms with Crippen molar-refractivity contribution in [2.45, 2.75) is 51.6 Å². The number of carbonyl (C=O) groups excluding carboxylic acids is 1. The van der Waals surface area contributed by atoms with Crippen molar-refractivity contribution in [2.75, 3.05) is 38.2 Å². The van der Waals surface area contributed by atoms with Crippen LogP contribution in [-0.4, -0.2) is 49.3 Å². The van der Waals surface area contributed by atoms with E-state index in [9.17, 15) is 4.79 Å². The number of likely N-dealkylation sites (tertiary alicyclic amines) is 1. The minimum Gasteiger partial charge on any atom is -0.492 e. The molecule has 2 aliphatic rings. The number of piperidine rings is 1. The summed E-state index contributed by atoms with van der Waals surface area (Å²) in [6.45, 7) is 8.44. The largest absolute Gasteiger partial charge is 0.492 e. The molecule has 1 heterocycles. The van der Waals surface area contributed by atoms with Gasteiger partial charge in [0.15, 0.2) is 0 Å². The topological polar surface area (TPSA) is 50.8 Å². The van der Waals surface area contributed by atoms with E-state index in [4.69, 9.17) is 9.47 Å². The lowest BCUT2D eigenvalue weighted by Gasteiger charge is -2.28. The summed E-state index contributed by atoms with van der Waals surface area (Å²) in [5.74, 6) is 1.12. The van der Waals surface area contributed by atoms with Crippen LogP contribution in [-0.2, 0) is 9.53 Å². The van der Waals surface area contributed by atoms with Crippen LogP contribution >= 0.6 is 0 Å². The number of nitrogens with one attached hydrogen (secondary N) is 1. The molecule has 5 nitrogen and oxygen atoms in total. The normalized spacial score (nSPS) is 20.4. The van der Waals surface area contributed by atoms with Crippen LogP contribution in [0.1, 0.15) is 46.0 Å². The summed E-state index contributed by atoms with van der Waals surface area (Å²) in [5, 5.41) is 3.00. The fourth-order valence-corrected chi connectivity index (χ4v) is 3.67. The van der Waals surface area contributed by atoms with Gasteiger partial charge in [-0.3, -0.25) is 9.69 Å². The fraction of sp³-hybridized carbons (Fsp3) is 0.667. The molecular weight excluding hydrogens is 328 g/mol. The summed E-state index contributed by atoms with van der Waals surface area (Å²) < 4.78 is 11.6. The van der Waals surface area contributed by atoms with Gasteiger partial charge in [-0.1, -0.05) is 6.42 Å². The first-order valence-corrected chi connectivity index (χ1v) is 10.0. The van der Waals surface area contributed by atoms with Crippen LogP contribution in [0.15, 0.2) is 24.3 Å². The van der Waals surface area contributed by atoms with Crippen molar-refractivity contribution in [2.24, 2.45) is 5.92 Å². The van der Waals surface area contributed by atoms with Gasteiger partial charge in [0.1, 0.15) is 18.0 Å². The Hall–Kier alpha value is -1.59. The van der Waals surface area contributed by atoms with Crippen LogP contribution in [0.4, 0.5) is 5.69 Å². The predicted molar refractivity (Wildman–Crippen MR) is 104 cm³/mol. The Bertz CT molecular complexity index is 579. The summed E-state index contributed by atoms with van der Waals surface area (Å²) in [7, 11) is 0. The van der Waals surface area contributed by atoms with Crippen LogP contribution in [0.25, 0.3) is 0 Å². The molecule has 2 fully saturated rings. The van der Waals surface area contributed by atoms with Gasteiger partial charge in [-0.15, -0.1) is 0 Å². The van der Waals surface area contributed by atoms with Gasteiger partial charge < -0.3 is 14.8 Å². The number of benzene rings is 1. The smallest absolute Gasteiger partial charge is 0.256 e. The number of rotatable bonds is 9. The monoisotopic (exact) mass is 360 g/mol. The Kier molecular flexibility index (Phi) is 6.54. The van der Waals surface area contributed by atoms with E-state index in [0.717, 1.165) is 30.8 Å². The quantitative estimate of drug-likeness (QED) is 0.730. The van der Waals surface area contributed by atoms with E-state index < -0.39 is 5.60 Å². The van der Waals surface area contributed by atoms with Gasteiger partial charge in [0.05, 0.1) is 0 Å². The maximum absolute atomic E-state index is 12.7. The Morgan fingerprint density at radius 2 is 1.88 bits per heavy atom. The number of amides is 1. The highest BCUT2D eigenvalue weighted by Gasteiger charge is 2.48. The van der Waals surface area contributed by atoms with Crippen LogP contribution in [0, 0.1) is 5.92 Å². The Labute approximate surface area is 157 Å². The lowest BCUT2D eigenvalue weighted by molar-refractivity contribution is -0.141. The van der Waals surface area contributed by atoms with Gasteiger partial charge in [-0.05, 0) is 82.8 Å². The molecule has 1 saturated heterocycles. The van der Waals surface area contributed by atoms with Crippen molar-refractivity contribution in [1.82, 2.24) is 4.90 Å². The second-order valence-electron chi connectivity index (χ2n) is 7.54. The second kappa shape index (κ2) is 8.87. The number of carbonyl (C=O) groups is 1. The summed E-state index contributed by atoms with van der Waals surface area (Å²) in [4.78, 5) is 15.1. The van der Waals surface area contributed by atoms with E-state index in [0.29, 0.717) is 19.1 Å². The van der Waals surface area contributed by atoms with Crippen molar-refractivity contribution in [3.05, 3.63) is 24.3 Å². The molecular formula is C21H32N2O3. The Morgan fingerprint density at radius 1 is 1.19 bits per heavy atom. The molecule has 0 radical (unpaired) electrons. The molecule has 1 aliphatic heterocycles. The molecule has 1 aromatic carbocycles. The third-order valence-electron chi connectivity index (χ3n) is 5.49. The van der Waals surface area contributed by atoms with Gasteiger partial charge in [0.2, 0.25) is 0 Å². The molecule has 1 aromatic rings. The van der Waals surface area contributed by atoms with Gasteiger partial charge in [0, 0.05) is 18.8 Å². The average Bonchev–Trinajstić information content (AvgIpc) is 3.50. The molecule has 0 unspecified atom stereocenters. The molecule has 0 aromatic heterocycles. The number of ether oxygens (including phenoxy) is 2. The van der Waals surface area contributed by atoms with E-state index in [-0.39, 0.29) is 5.91 Å². The summed E-state index contributed by atoms with van der Waals surface area (Å²) in [6, 6.07) is 7.63. The van der Waals surface area contributed by atoms with E-state index >= 15 is 0 Å². The molecule has 144 valence electrons. The molecule has 1 amide bonds. The van der Waals surface area contributed by atoms with Gasteiger partial charge >= 0.3 is 0 Å². The van der Waals surface area contributed by atoms with Gasteiger partial charge in [0.25, 0.3) is 5.91 Å². The average molecular weight is 360 g/mol.